The maximum Gasteiger partial charge on any atom is 0.242 e. The molecular weight excluding hydrogens is 284 g/mol. The number of aliphatic hydroxyl groups is 1. The molecule has 1 aromatic rings. The number of hydrogen-bond acceptors (Lipinski definition) is 4. The third-order valence-corrected chi connectivity index (χ3v) is 3.38. The van der Waals surface area contributed by atoms with Gasteiger partial charge in [0.25, 0.3) is 0 Å². The van der Waals surface area contributed by atoms with Crippen molar-refractivity contribution in [3.63, 3.8) is 0 Å². The van der Waals surface area contributed by atoms with Crippen LogP contribution >= 0.6 is 15.9 Å². The Kier molecular flexibility index (Phi) is 4.21. The molecule has 1 heterocycles. The van der Waals surface area contributed by atoms with Crippen molar-refractivity contribution in [1.82, 2.24) is 9.71 Å². The SMILES string of the molecule is C[C@@H](O)CNS(=O)(=O)c1cncc(Br)c1. The molecule has 84 valence electrons. The van der Waals surface area contributed by atoms with Gasteiger partial charge in [0.15, 0.2) is 0 Å². The van der Waals surface area contributed by atoms with E-state index in [0.717, 1.165) is 0 Å². The molecule has 0 aromatic carbocycles. The van der Waals surface area contributed by atoms with E-state index in [1.807, 2.05) is 0 Å². The van der Waals surface area contributed by atoms with Gasteiger partial charge in [-0.2, -0.15) is 0 Å². The van der Waals surface area contributed by atoms with Gasteiger partial charge >= 0.3 is 0 Å². The van der Waals surface area contributed by atoms with Gasteiger partial charge in [-0.15, -0.1) is 0 Å². The minimum Gasteiger partial charge on any atom is -0.392 e. The van der Waals surface area contributed by atoms with Crippen LogP contribution in [0.4, 0.5) is 0 Å². The highest BCUT2D eigenvalue weighted by molar-refractivity contribution is 9.10. The van der Waals surface area contributed by atoms with Gasteiger partial charge < -0.3 is 5.11 Å². The van der Waals surface area contributed by atoms with Crippen LogP contribution in [0.2, 0.25) is 0 Å². The number of pyridine rings is 1. The molecule has 0 aliphatic carbocycles. The fourth-order valence-electron chi connectivity index (χ4n) is 0.853. The molecule has 15 heavy (non-hydrogen) atoms. The zero-order valence-electron chi connectivity index (χ0n) is 8.01. The molecule has 0 bridgehead atoms. The molecule has 0 spiro atoms. The zero-order valence-corrected chi connectivity index (χ0v) is 10.4. The lowest BCUT2D eigenvalue weighted by Crippen LogP contribution is -2.30. The Morgan fingerprint density at radius 1 is 1.60 bits per heavy atom. The van der Waals surface area contributed by atoms with Crippen LogP contribution in [0.5, 0.6) is 0 Å². The first-order valence-electron chi connectivity index (χ1n) is 4.20. The highest BCUT2D eigenvalue weighted by Gasteiger charge is 2.14. The first-order chi connectivity index (χ1) is 6.92. The Bertz CT molecular complexity index is 433. The minimum absolute atomic E-state index is 0.0190. The van der Waals surface area contributed by atoms with E-state index in [1.165, 1.54) is 25.4 Å². The van der Waals surface area contributed by atoms with E-state index < -0.39 is 16.1 Å². The number of nitrogens with zero attached hydrogens (tertiary/aromatic N) is 1. The van der Waals surface area contributed by atoms with Gasteiger partial charge in [0.1, 0.15) is 4.90 Å². The molecule has 1 rings (SSSR count). The summed E-state index contributed by atoms with van der Waals surface area (Å²) in [5, 5.41) is 8.97. The van der Waals surface area contributed by atoms with Crippen molar-refractivity contribution in [2.45, 2.75) is 17.9 Å². The number of rotatable bonds is 4. The predicted octanol–water partition coefficient (Wildman–Crippen LogP) is 0.503. The van der Waals surface area contributed by atoms with Crippen LogP contribution in [0, 0.1) is 0 Å². The Labute approximate surface area is 96.7 Å². The molecule has 1 atom stereocenters. The van der Waals surface area contributed by atoms with Crippen molar-refractivity contribution in [1.29, 1.82) is 0 Å². The monoisotopic (exact) mass is 294 g/mol. The summed E-state index contributed by atoms with van der Waals surface area (Å²) in [7, 11) is -3.58. The van der Waals surface area contributed by atoms with E-state index in [4.69, 9.17) is 5.11 Å². The molecule has 0 aliphatic heterocycles. The highest BCUT2D eigenvalue weighted by Crippen LogP contribution is 2.13. The Hall–Kier alpha value is -0.500. The number of hydrogen-bond donors (Lipinski definition) is 2. The standard InChI is InChI=1S/C8H11BrN2O3S/c1-6(12)3-11-15(13,14)8-2-7(9)4-10-5-8/h2,4-6,11-12H,3H2,1H3/t6-/m1/s1. The topological polar surface area (TPSA) is 79.3 Å². The molecule has 2 N–H and O–H groups in total. The third-order valence-electron chi connectivity index (χ3n) is 1.56. The second-order valence-corrected chi connectivity index (χ2v) is 5.72. The maximum atomic E-state index is 11.6. The third kappa shape index (κ3) is 3.86. The van der Waals surface area contributed by atoms with Crippen LogP contribution in [0.15, 0.2) is 27.8 Å². The van der Waals surface area contributed by atoms with Gasteiger partial charge in [0.05, 0.1) is 6.10 Å². The van der Waals surface area contributed by atoms with Crippen LogP contribution in [-0.2, 0) is 10.0 Å². The number of sulfonamides is 1. The average Bonchev–Trinajstić information content (AvgIpc) is 2.15. The molecule has 0 radical (unpaired) electrons. The summed E-state index contributed by atoms with van der Waals surface area (Å²) in [4.78, 5) is 3.82. The second kappa shape index (κ2) is 5.02. The van der Waals surface area contributed by atoms with E-state index in [0.29, 0.717) is 4.47 Å². The van der Waals surface area contributed by atoms with E-state index in [-0.39, 0.29) is 11.4 Å². The number of nitrogens with one attached hydrogen (secondary N) is 1. The quantitative estimate of drug-likeness (QED) is 0.848. The fraction of sp³-hybridized carbons (Fsp3) is 0.375. The maximum absolute atomic E-state index is 11.6. The number of halogens is 1. The summed E-state index contributed by atoms with van der Waals surface area (Å²) in [5.74, 6) is 0. The Morgan fingerprint density at radius 3 is 2.80 bits per heavy atom. The summed E-state index contributed by atoms with van der Waals surface area (Å²) in [6, 6.07) is 1.44. The Morgan fingerprint density at radius 2 is 2.27 bits per heavy atom. The molecule has 0 saturated heterocycles. The van der Waals surface area contributed by atoms with E-state index in [2.05, 4.69) is 25.6 Å². The van der Waals surface area contributed by atoms with Gasteiger partial charge in [-0.3, -0.25) is 4.98 Å². The smallest absolute Gasteiger partial charge is 0.242 e. The fourth-order valence-corrected chi connectivity index (χ4v) is 2.48. The van der Waals surface area contributed by atoms with Gasteiger partial charge in [-0.05, 0) is 28.9 Å². The zero-order chi connectivity index (χ0) is 11.5. The summed E-state index contributed by atoms with van der Waals surface area (Å²) in [5.41, 5.74) is 0. The van der Waals surface area contributed by atoms with Crippen molar-refractivity contribution in [2.75, 3.05) is 6.54 Å². The number of aliphatic hydroxyl groups excluding tert-OH is 1. The van der Waals surface area contributed by atoms with Crippen LogP contribution in [0.25, 0.3) is 0 Å². The number of aromatic nitrogens is 1. The summed E-state index contributed by atoms with van der Waals surface area (Å²) >= 11 is 3.13. The molecule has 0 unspecified atom stereocenters. The largest absolute Gasteiger partial charge is 0.392 e. The molecule has 0 aliphatic rings. The molecular formula is C8H11BrN2O3S. The van der Waals surface area contributed by atoms with Crippen LogP contribution in [0.1, 0.15) is 6.92 Å². The van der Waals surface area contributed by atoms with E-state index in [1.54, 1.807) is 0 Å². The highest BCUT2D eigenvalue weighted by atomic mass is 79.9. The molecule has 0 amide bonds. The normalized spacial score (nSPS) is 13.8. The van der Waals surface area contributed by atoms with Crippen LogP contribution in [-0.4, -0.2) is 31.2 Å². The predicted molar refractivity (Wildman–Crippen MR) is 58.8 cm³/mol. The summed E-state index contributed by atoms with van der Waals surface area (Å²) < 4.78 is 26.1. The Balaban J connectivity index is 2.87. The first kappa shape index (κ1) is 12.6. The van der Waals surface area contributed by atoms with E-state index >= 15 is 0 Å². The minimum atomic E-state index is -3.58. The van der Waals surface area contributed by atoms with Crippen LogP contribution < -0.4 is 4.72 Å². The van der Waals surface area contributed by atoms with Crippen molar-refractivity contribution in [2.24, 2.45) is 0 Å². The lowest BCUT2D eigenvalue weighted by atomic mass is 10.4. The first-order valence-corrected chi connectivity index (χ1v) is 6.48. The molecule has 5 nitrogen and oxygen atoms in total. The van der Waals surface area contributed by atoms with Crippen molar-refractivity contribution in [3.05, 3.63) is 22.9 Å². The lowest BCUT2D eigenvalue weighted by Gasteiger charge is -2.07. The summed E-state index contributed by atoms with van der Waals surface area (Å²) in [6.45, 7) is 1.48. The van der Waals surface area contributed by atoms with Gasteiger partial charge in [0.2, 0.25) is 10.0 Å². The average molecular weight is 295 g/mol. The van der Waals surface area contributed by atoms with E-state index in [9.17, 15) is 8.42 Å². The molecule has 1 aromatic heterocycles. The van der Waals surface area contributed by atoms with Gasteiger partial charge in [-0.1, -0.05) is 0 Å². The second-order valence-electron chi connectivity index (χ2n) is 3.04. The van der Waals surface area contributed by atoms with Crippen LogP contribution in [0.3, 0.4) is 0 Å². The van der Waals surface area contributed by atoms with Crippen molar-refractivity contribution < 1.29 is 13.5 Å². The van der Waals surface area contributed by atoms with Gasteiger partial charge in [0, 0.05) is 23.4 Å². The molecule has 0 saturated carbocycles. The van der Waals surface area contributed by atoms with Gasteiger partial charge in [-0.25, -0.2) is 13.1 Å². The van der Waals surface area contributed by atoms with Crippen molar-refractivity contribution in [3.8, 4) is 0 Å². The molecule has 0 fully saturated rings. The molecule has 7 heteroatoms. The lowest BCUT2D eigenvalue weighted by molar-refractivity contribution is 0.198. The summed E-state index contributed by atoms with van der Waals surface area (Å²) in [6.07, 6.45) is 2.02. The van der Waals surface area contributed by atoms with Crippen molar-refractivity contribution >= 4 is 26.0 Å².